The highest BCUT2D eigenvalue weighted by Crippen LogP contribution is 2.29. The van der Waals surface area contributed by atoms with Gasteiger partial charge in [0.05, 0.1) is 35.1 Å². The average molecular weight is 473 g/mol. The first kappa shape index (κ1) is 23.5. The van der Waals surface area contributed by atoms with E-state index in [2.05, 4.69) is 15.3 Å². The zero-order chi connectivity index (χ0) is 25.3. The zero-order valence-electron chi connectivity index (χ0n) is 19.7. The molecule has 3 aromatic carbocycles. The predicted octanol–water partition coefficient (Wildman–Crippen LogP) is 4.42. The molecule has 0 saturated carbocycles. The van der Waals surface area contributed by atoms with Crippen molar-refractivity contribution in [3.8, 4) is 5.75 Å². The largest absolute Gasteiger partial charge is 0.495 e. The quantitative estimate of drug-likeness (QED) is 0.382. The fourth-order valence-electron chi connectivity index (χ4n) is 3.87. The Kier molecular flexibility index (Phi) is 6.24. The van der Waals surface area contributed by atoms with Crippen molar-refractivity contribution in [3.63, 3.8) is 0 Å². The first-order valence-electron chi connectivity index (χ1n) is 10.8. The number of imidazole rings is 1. The normalized spacial score (nSPS) is 10.7. The molecule has 0 radical (unpaired) electrons. The van der Waals surface area contributed by atoms with Gasteiger partial charge in [-0.25, -0.2) is 9.78 Å². The number of hydrogen-bond donors (Lipinski definition) is 3. The number of aromatic amines is 1. The number of nitrogens with one attached hydrogen (secondary N) is 2. The van der Waals surface area contributed by atoms with Crippen molar-refractivity contribution < 1.29 is 24.2 Å². The lowest BCUT2D eigenvalue weighted by Gasteiger charge is -2.20. The van der Waals surface area contributed by atoms with E-state index >= 15 is 0 Å². The van der Waals surface area contributed by atoms with E-state index in [9.17, 15) is 19.5 Å². The van der Waals surface area contributed by atoms with Crippen LogP contribution < -0.4 is 15.0 Å². The van der Waals surface area contributed by atoms with Gasteiger partial charge in [-0.2, -0.15) is 0 Å². The van der Waals surface area contributed by atoms with Gasteiger partial charge in [-0.1, -0.05) is 17.7 Å². The van der Waals surface area contributed by atoms with Crippen molar-refractivity contribution in [2.45, 2.75) is 13.8 Å². The van der Waals surface area contributed by atoms with Crippen LogP contribution in [-0.2, 0) is 0 Å². The number of methoxy groups -OCH3 is 1. The summed E-state index contributed by atoms with van der Waals surface area (Å²) in [6, 6.07) is 14.8. The molecule has 4 rings (SSSR count). The smallest absolute Gasteiger partial charge is 0.337 e. The second kappa shape index (κ2) is 9.30. The molecule has 0 aliphatic carbocycles. The van der Waals surface area contributed by atoms with Crippen LogP contribution in [0.1, 0.15) is 42.5 Å². The summed E-state index contributed by atoms with van der Waals surface area (Å²) in [5, 5.41) is 12.4. The molecular formula is C26H24N4O5. The van der Waals surface area contributed by atoms with Crippen LogP contribution in [-0.4, -0.2) is 47.0 Å². The number of aromatic carboxylic acids is 1. The Labute approximate surface area is 201 Å². The summed E-state index contributed by atoms with van der Waals surface area (Å²) in [6.45, 7) is 3.59. The van der Waals surface area contributed by atoms with E-state index in [1.165, 1.54) is 31.2 Å². The van der Waals surface area contributed by atoms with Gasteiger partial charge in [-0.3, -0.25) is 9.59 Å². The number of para-hydroxylation sites is 1. The minimum Gasteiger partial charge on any atom is -0.495 e. The molecule has 0 fully saturated rings. The van der Waals surface area contributed by atoms with Gasteiger partial charge in [0.2, 0.25) is 0 Å². The minimum absolute atomic E-state index is 0.0273. The van der Waals surface area contributed by atoms with Crippen LogP contribution in [0.15, 0.2) is 54.6 Å². The number of hydrogen-bond acceptors (Lipinski definition) is 5. The Hall–Kier alpha value is -4.66. The molecule has 9 nitrogen and oxygen atoms in total. The maximum absolute atomic E-state index is 13.2. The van der Waals surface area contributed by atoms with Crippen LogP contribution in [0.3, 0.4) is 0 Å². The lowest BCUT2D eigenvalue weighted by Crippen LogP contribution is -2.28. The van der Waals surface area contributed by atoms with Gasteiger partial charge < -0.3 is 25.0 Å². The van der Waals surface area contributed by atoms with Gasteiger partial charge >= 0.3 is 5.97 Å². The number of aryl methyl sites for hydroxylation is 2. The molecule has 0 spiro atoms. The Morgan fingerprint density at radius 2 is 1.80 bits per heavy atom. The second-order valence-corrected chi connectivity index (χ2v) is 8.08. The van der Waals surface area contributed by atoms with Crippen LogP contribution in [0.2, 0.25) is 0 Å². The van der Waals surface area contributed by atoms with Gasteiger partial charge in [-0.05, 0) is 56.3 Å². The summed E-state index contributed by atoms with van der Waals surface area (Å²) in [6.07, 6.45) is 0. The molecule has 35 heavy (non-hydrogen) atoms. The Bertz CT molecular complexity index is 1470. The minimum atomic E-state index is -1.12. The number of carbonyl (C=O) groups is 3. The first-order valence-corrected chi connectivity index (χ1v) is 10.8. The number of amides is 2. The fourth-order valence-corrected chi connectivity index (χ4v) is 3.87. The van der Waals surface area contributed by atoms with E-state index in [-0.39, 0.29) is 28.5 Å². The molecule has 0 aliphatic rings. The Morgan fingerprint density at radius 3 is 2.51 bits per heavy atom. The number of fused-ring (bicyclic) bond motifs is 1. The SMILES string of the molecule is COc1cc(C(=O)N(C)c2ccc(C)cc2C(=O)O)ccc1NC(=O)c1cccc2[nH]c(C)nc12. The molecular weight excluding hydrogens is 448 g/mol. The molecule has 1 aromatic heterocycles. The number of aromatic nitrogens is 2. The Morgan fingerprint density at radius 1 is 1.03 bits per heavy atom. The van der Waals surface area contributed by atoms with Crippen LogP contribution in [0.25, 0.3) is 11.0 Å². The second-order valence-electron chi connectivity index (χ2n) is 8.08. The van der Waals surface area contributed by atoms with Crippen LogP contribution >= 0.6 is 0 Å². The number of anilines is 2. The molecule has 0 unspecified atom stereocenters. The summed E-state index contributed by atoms with van der Waals surface area (Å²) in [5.74, 6) is -0.942. The number of nitrogens with zero attached hydrogens (tertiary/aromatic N) is 2. The van der Waals surface area contributed by atoms with E-state index in [1.54, 1.807) is 43.3 Å². The summed E-state index contributed by atoms with van der Waals surface area (Å²) in [7, 11) is 2.94. The summed E-state index contributed by atoms with van der Waals surface area (Å²) in [4.78, 5) is 46.6. The summed E-state index contributed by atoms with van der Waals surface area (Å²) < 4.78 is 5.43. The molecule has 0 bridgehead atoms. The molecule has 9 heteroatoms. The molecule has 3 N–H and O–H groups in total. The number of rotatable bonds is 6. The number of carboxylic acid groups (broad SMARTS) is 1. The fraction of sp³-hybridized carbons (Fsp3) is 0.154. The maximum Gasteiger partial charge on any atom is 0.337 e. The molecule has 2 amide bonds. The molecule has 4 aromatic rings. The number of carboxylic acids is 1. The third-order valence-corrected chi connectivity index (χ3v) is 5.62. The van der Waals surface area contributed by atoms with E-state index < -0.39 is 11.9 Å². The van der Waals surface area contributed by atoms with Crippen molar-refractivity contribution in [1.82, 2.24) is 9.97 Å². The average Bonchev–Trinajstić information content (AvgIpc) is 3.23. The number of H-pyrrole nitrogens is 1. The first-order chi connectivity index (χ1) is 16.7. The molecule has 178 valence electrons. The maximum atomic E-state index is 13.2. The van der Waals surface area contributed by atoms with Gasteiger partial charge in [0.25, 0.3) is 11.8 Å². The van der Waals surface area contributed by atoms with Crippen LogP contribution in [0.5, 0.6) is 5.75 Å². The lowest BCUT2D eigenvalue weighted by atomic mass is 10.1. The number of benzene rings is 3. The lowest BCUT2D eigenvalue weighted by molar-refractivity contribution is 0.0697. The van der Waals surface area contributed by atoms with Crippen LogP contribution in [0.4, 0.5) is 11.4 Å². The van der Waals surface area contributed by atoms with E-state index in [4.69, 9.17) is 4.74 Å². The third-order valence-electron chi connectivity index (χ3n) is 5.62. The predicted molar refractivity (Wildman–Crippen MR) is 133 cm³/mol. The highest BCUT2D eigenvalue weighted by atomic mass is 16.5. The topological polar surface area (TPSA) is 125 Å². The highest BCUT2D eigenvalue weighted by molar-refractivity contribution is 6.13. The molecule has 0 aliphatic heterocycles. The van der Waals surface area contributed by atoms with Gasteiger partial charge in [0, 0.05) is 12.6 Å². The summed E-state index contributed by atoms with van der Waals surface area (Å²) in [5.41, 5.74) is 3.42. The number of ether oxygens (including phenoxy) is 1. The number of carbonyl (C=O) groups excluding carboxylic acids is 2. The monoisotopic (exact) mass is 472 g/mol. The zero-order valence-corrected chi connectivity index (χ0v) is 19.7. The van der Waals surface area contributed by atoms with Crippen molar-refractivity contribution in [1.29, 1.82) is 0 Å². The van der Waals surface area contributed by atoms with Crippen molar-refractivity contribution in [2.75, 3.05) is 24.4 Å². The highest BCUT2D eigenvalue weighted by Gasteiger charge is 2.22. The van der Waals surface area contributed by atoms with Gasteiger partial charge in [0.15, 0.2) is 0 Å². The molecule has 0 atom stereocenters. The molecule has 0 saturated heterocycles. The van der Waals surface area contributed by atoms with Gasteiger partial charge in [0.1, 0.15) is 17.1 Å². The van der Waals surface area contributed by atoms with E-state index in [0.29, 0.717) is 22.6 Å². The third kappa shape index (κ3) is 4.56. The summed E-state index contributed by atoms with van der Waals surface area (Å²) >= 11 is 0. The standard InChI is InChI=1S/C26H24N4O5/c1-14-8-11-21(18(12-14)26(33)34)30(3)25(32)16-9-10-19(22(13-16)35-4)29-24(31)17-6-5-7-20-23(17)28-15(2)27-20/h5-13H,1-4H3,(H,27,28)(H,29,31)(H,33,34). The van der Waals surface area contributed by atoms with Crippen LogP contribution in [0, 0.1) is 13.8 Å². The van der Waals surface area contributed by atoms with Crippen molar-refractivity contribution in [2.24, 2.45) is 0 Å². The van der Waals surface area contributed by atoms with E-state index in [0.717, 1.165) is 11.1 Å². The van der Waals surface area contributed by atoms with Gasteiger partial charge in [-0.15, -0.1) is 0 Å². The van der Waals surface area contributed by atoms with Crippen molar-refractivity contribution in [3.05, 3.63) is 82.7 Å². The molecule has 1 heterocycles. The van der Waals surface area contributed by atoms with E-state index in [1.807, 2.05) is 13.0 Å². The Balaban J connectivity index is 1.61. The van der Waals surface area contributed by atoms with Crippen molar-refractivity contribution >= 4 is 40.2 Å².